The zero-order chi connectivity index (χ0) is 52.3. The number of primary amides is 1. The first-order valence-electron chi connectivity index (χ1n) is 22.7. The monoisotopic (exact) mass is 1030 g/mol. The number of alkyl halides is 6. The molecule has 386 valence electrons. The van der Waals surface area contributed by atoms with Gasteiger partial charge in [-0.05, 0) is 99.9 Å². The number of halogens is 7. The van der Waals surface area contributed by atoms with E-state index in [1.807, 2.05) is 6.92 Å². The van der Waals surface area contributed by atoms with Crippen LogP contribution in [-0.4, -0.2) is 78.9 Å². The second kappa shape index (κ2) is 20.0. The van der Waals surface area contributed by atoms with Gasteiger partial charge in [-0.25, -0.2) is 26.3 Å². The highest BCUT2D eigenvalue weighted by molar-refractivity contribution is 6.45. The number of amides is 5. The zero-order valence-electron chi connectivity index (χ0n) is 39.2. The number of aromatic nitrogens is 2. The lowest BCUT2D eigenvalue weighted by Crippen LogP contribution is -2.69. The van der Waals surface area contributed by atoms with Crippen molar-refractivity contribution in [3.05, 3.63) is 103 Å². The van der Waals surface area contributed by atoms with Gasteiger partial charge in [0, 0.05) is 78.5 Å². The van der Waals surface area contributed by atoms with Crippen LogP contribution in [0.1, 0.15) is 147 Å². The van der Waals surface area contributed by atoms with Gasteiger partial charge in [0.2, 0.25) is 5.91 Å². The molecule has 2 fully saturated rings. The largest absolute Gasteiger partial charge is 0.368 e. The first-order chi connectivity index (χ1) is 33.1. The molecule has 2 aliphatic carbocycles. The number of aryl methyl sites for hydroxylation is 2. The number of fused-ring (bicyclic) bond motifs is 2. The Kier molecular flexibility index (Phi) is 15.2. The summed E-state index contributed by atoms with van der Waals surface area (Å²) in [5.41, 5.74) is 4.89. The molecular formula is C50H54ClF6N7O8. The van der Waals surface area contributed by atoms with Crippen LogP contribution in [0.2, 0.25) is 5.02 Å². The second-order valence-corrected chi connectivity index (χ2v) is 19.0. The molecule has 4 aromatic rings. The van der Waals surface area contributed by atoms with E-state index in [2.05, 4.69) is 21.3 Å². The molecule has 0 atom stereocenters. The number of carbonyl (C=O) groups is 8. The molecule has 8 rings (SSSR count). The number of carbonyl (C=O) groups excluding carboxylic acids is 8. The maximum absolute atomic E-state index is 13.6. The third kappa shape index (κ3) is 10.2. The molecule has 22 heteroatoms. The Morgan fingerprint density at radius 2 is 1.08 bits per heavy atom. The van der Waals surface area contributed by atoms with Crippen molar-refractivity contribution in [1.29, 1.82) is 0 Å². The summed E-state index contributed by atoms with van der Waals surface area (Å²) in [6.45, 7) is 8.75. The molecule has 4 aliphatic rings. The number of hydrogen-bond acceptors (Lipinski definition) is 8. The van der Waals surface area contributed by atoms with Crippen molar-refractivity contribution in [2.24, 2.45) is 5.73 Å². The maximum Gasteiger partial charge on any atom is 0.293 e. The number of nitrogens with two attached hydrogens (primary N) is 1. The van der Waals surface area contributed by atoms with Gasteiger partial charge in [0.25, 0.3) is 53.5 Å². The highest BCUT2D eigenvalue weighted by Gasteiger charge is 2.62. The second-order valence-electron chi connectivity index (χ2n) is 18.6. The Morgan fingerprint density at radius 1 is 0.667 bits per heavy atom. The molecule has 0 spiro atoms. The number of Topliss-reactive ketones (excluding diaryl/α,β-unsaturated/α-hetero) is 3. The number of ketones is 3. The third-order valence-corrected chi connectivity index (χ3v) is 14.0. The van der Waals surface area contributed by atoms with Crippen molar-refractivity contribution < 1.29 is 64.7 Å². The van der Waals surface area contributed by atoms with E-state index in [0.29, 0.717) is 66.4 Å². The van der Waals surface area contributed by atoms with E-state index in [9.17, 15) is 64.7 Å². The minimum absolute atomic E-state index is 0. The van der Waals surface area contributed by atoms with E-state index in [1.54, 1.807) is 34.3 Å². The highest BCUT2D eigenvalue weighted by Crippen LogP contribution is 2.47. The first-order valence-corrected chi connectivity index (χ1v) is 23.1. The summed E-state index contributed by atoms with van der Waals surface area (Å²) in [5, 5.41) is 10.2. The van der Waals surface area contributed by atoms with Gasteiger partial charge in [0.1, 0.15) is 22.5 Å². The summed E-state index contributed by atoms with van der Waals surface area (Å²) < 4.78 is 84.0. The van der Waals surface area contributed by atoms with Gasteiger partial charge in [0.15, 0.2) is 5.78 Å². The summed E-state index contributed by atoms with van der Waals surface area (Å²) in [6.07, 6.45) is -4.36. The highest BCUT2D eigenvalue weighted by atomic mass is 35.5. The van der Waals surface area contributed by atoms with E-state index >= 15 is 0 Å². The topological polar surface area (TPSA) is 221 Å². The Hall–Kier alpha value is -6.77. The van der Waals surface area contributed by atoms with Crippen LogP contribution in [0.5, 0.6) is 0 Å². The van der Waals surface area contributed by atoms with Crippen LogP contribution in [0.25, 0.3) is 0 Å². The number of rotatable bonds is 14. The molecule has 0 unspecified atom stereocenters. The number of hydrogen-bond donors (Lipinski definition) is 5. The molecule has 0 bridgehead atoms. The molecule has 2 aromatic heterocycles. The van der Waals surface area contributed by atoms with Gasteiger partial charge >= 0.3 is 0 Å². The molecule has 6 N–H and O–H groups in total. The third-order valence-electron chi connectivity index (χ3n) is 13.6. The molecule has 2 aliphatic heterocycles. The fourth-order valence-electron chi connectivity index (χ4n) is 10.1. The molecular weight excluding hydrogens is 976 g/mol. The predicted molar refractivity (Wildman–Crippen MR) is 253 cm³/mol. The van der Waals surface area contributed by atoms with Crippen LogP contribution in [0, 0.1) is 27.7 Å². The zero-order valence-corrected chi connectivity index (χ0v) is 40.0. The van der Waals surface area contributed by atoms with Crippen molar-refractivity contribution in [3.63, 3.8) is 0 Å². The van der Waals surface area contributed by atoms with E-state index in [0.717, 1.165) is 5.56 Å². The van der Waals surface area contributed by atoms with Crippen molar-refractivity contribution >= 4 is 69.9 Å². The average molecular weight is 1030 g/mol. The average Bonchev–Trinajstić information content (AvgIpc) is 4.05. The van der Waals surface area contributed by atoms with E-state index < -0.39 is 102 Å². The minimum Gasteiger partial charge on any atom is -0.368 e. The van der Waals surface area contributed by atoms with E-state index in [-0.39, 0.29) is 58.7 Å². The molecule has 0 radical (unpaired) electrons. The van der Waals surface area contributed by atoms with Crippen LogP contribution < -0.4 is 27.0 Å². The summed E-state index contributed by atoms with van der Waals surface area (Å²) in [5.74, 6) is -13.5. The lowest BCUT2D eigenvalue weighted by molar-refractivity contribution is -0.163. The predicted octanol–water partition coefficient (Wildman–Crippen LogP) is 8.23. The molecule has 5 amide bonds. The summed E-state index contributed by atoms with van der Waals surface area (Å²) in [7, 11) is 0. The van der Waals surface area contributed by atoms with Gasteiger partial charge in [-0.3, -0.25) is 38.4 Å². The van der Waals surface area contributed by atoms with Crippen LogP contribution in [0.15, 0.2) is 36.4 Å². The fraction of sp³-hybridized carbons (Fsp3) is 0.440. The van der Waals surface area contributed by atoms with Gasteiger partial charge in [-0.2, -0.15) is 0 Å². The van der Waals surface area contributed by atoms with Gasteiger partial charge in [-0.15, -0.1) is 0 Å². The maximum atomic E-state index is 13.6. The number of anilines is 2. The molecule has 72 heavy (non-hydrogen) atoms. The Labute approximate surface area is 415 Å². The number of nitrogens with one attached hydrogen (secondary N) is 4. The van der Waals surface area contributed by atoms with Gasteiger partial charge in [0.05, 0.1) is 11.1 Å². The van der Waals surface area contributed by atoms with Crippen LogP contribution in [0.3, 0.4) is 0 Å². The standard InChI is InChI=1S/C26H27F4N3O4.C23H23ClF2N4O4.CH4/c1-4-18(34)25(11-26(29,30)12-25)32-24(37)21(35)19-14(3)20(33-9-5-6-17(19)33)23(36)31-15-8-7-13(2)16(10-15)22(27)28;1-11-5-6-13(8-14(11)24)28-19(32)17-12(2)16(15-4-3-7-30(15)17)18(31)20(33)29-22(21(27)34)9-23(25,26)10-22;/h7-8,10,22H,4-6,9,11-12H2,1-3H3,(H,31,36)(H,32,37);5-6,8H,3-4,7,9-10H2,1-2H3,(H2,27,34)(H,28,32)(H,29,33);1H4. The summed E-state index contributed by atoms with van der Waals surface area (Å²) >= 11 is 6.13. The van der Waals surface area contributed by atoms with Crippen molar-refractivity contribution in [2.45, 2.75) is 142 Å². The molecule has 2 aromatic carbocycles. The van der Waals surface area contributed by atoms with Crippen molar-refractivity contribution in [3.8, 4) is 0 Å². The lowest BCUT2D eigenvalue weighted by atomic mass is 9.69. The molecule has 4 heterocycles. The van der Waals surface area contributed by atoms with Crippen molar-refractivity contribution in [2.75, 3.05) is 10.6 Å². The van der Waals surface area contributed by atoms with Gasteiger partial charge < -0.3 is 36.1 Å². The fourth-order valence-corrected chi connectivity index (χ4v) is 10.3. The molecule has 15 nitrogen and oxygen atoms in total. The molecule has 2 saturated carbocycles. The Bertz CT molecular complexity index is 2950. The quantitative estimate of drug-likeness (QED) is 0.0469. The summed E-state index contributed by atoms with van der Waals surface area (Å²) in [4.78, 5) is 102. The first kappa shape index (κ1) is 54.6. The summed E-state index contributed by atoms with van der Waals surface area (Å²) in [6, 6.07) is 9.18. The van der Waals surface area contributed by atoms with Crippen LogP contribution in [-0.2, 0) is 45.1 Å². The lowest BCUT2D eigenvalue weighted by Gasteiger charge is -2.46. The normalized spacial score (nSPS) is 17.1. The Balaban J connectivity index is 0.000000233. The molecule has 0 saturated heterocycles. The number of nitrogens with zero attached hydrogens (tertiary/aromatic N) is 2. The van der Waals surface area contributed by atoms with Crippen molar-refractivity contribution in [1.82, 2.24) is 19.8 Å². The SMILES string of the molecule is C.CCC(=O)C1(NC(=O)C(=O)c2c(C)c(C(=O)Nc3ccc(C)c(C(F)F)c3)n3c2CCC3)CC(F)(F)C1.Cc1ccc(NC(=O)c2c(C)c(C(=O)C(=O)NC3(C(N)=O)CC(F)(F)C3)c3n2CCC3)cc1Cl. The van der Waals surface area contributed by atoms with E-state index in [4.69, 9.17) is 17.3 Å². The Morgan fingerprint density at radius 3 is 1.49 bits per heavy atom. The van der Waals surface area contributed by atoms with E-state index in [1.165, 1.54) is 39.0 Å². The number of benzene rings is 2. The van der Waals surface area contributed by atoms with Gasteiger partial charge in [-0.1, -0.05) is 38.1 Å². The minimum atomic E-state index is -3.15. The van der Waals surface area contributed by atoms with Crippen LogP contribution >= 0.6 is 11.6 Å². The smallest absolute Gasteiger partial charge is 0.293 e. The van der Waals surface area contributed by atoms with Crippen LogP contribution in [0.4, 0.5) is 37.7 Å².